The highest BCUT2D eigenvalue weighted by Gasteiger charge is 2.11. The maximum atomic E-state index is 6.34. The second-order valence-electron chi connectivity index (χ2n) is 4.87. The number of hydrogen-bond donors (Lipinski definition) is 1. The Labute approximate surface area is 121 Å². The molecule has 3 nitrogen and oxygen atoms in total. The van der Waals surface area contributed by atoms with Crippen LogP contribution in [-0.4, -0.2) is 33.4 Å². The van der Waals surface area contributed by atoms with E-state index in [0.29, 0.717) is 12.6 Å². The van der Waals surface area contributed by atoms with Gasteiger partial charge in [-0.3, -0.25) is 0 Å². The average molecular weight is 285 g/mol. The highest BCUT2D eigenvalue weighted by atomic mass is 35.5. The fraction of sp³-hybridized carbons (Fsp3) is 0.600. The van der Waals surface area contributed by atoms with Gasteiger partial charge in [0.15, 0.2) is 0 Å². The van der Waals surface area contributed by atoms with E-state index < -0.39 is 0 Å². The van der Waals surface area contributed by atoms with Crippen LogP contribution >= 0.6 is 11.6 Å². The first-order chi connectivity index (χ1) is 9.10. The van der Waals surface area contributed by atoms with Gasteiger partial charge in [-0.15, -0.1) is 0 Å². The maximum absolute atomic E-state index is 6.34. The van der Waals surface area contributed by atoms with Crippen LogP contribution in [0.3, 0.4) is 0 Å². The lowest BCUT2D eigenvalue weighted by molar-refractivity contribution is 0.183. The molecule has 0 aliphatic heterocycles. The molecule has 0 amide bonds. The second-order valence-corrected chi connectivity index (χ2v) is 5.27. The molecule has 1 N–H and O–H groups in total. The smallest absolute Gasteiger partial charge is 0.0663 e. The van der Waals surface area contributed by atoms with Crippen molar-refractivity contribution in [1.29, 1.82) is 0 Å². The first-order valence-electron chi connectivity index (χ1n) is 6.81. The quantitative estimate of drug-likeness (QED) is 0.741. The monoisotopic (exact) mass is 284 g/mol. The Kier molecular flexibility index (Phi) is 7.21. The number of likely N-dealkylation sites (N-methyl/N-ethyl adjacent to an activating group) is 1. The average Bonchev–Trinajstić information content (AvgIpc) is 2.40. The van der Waals surface area contributed by atoms with Crippen molar-refractivity contribution in [2.45, 2.75) is 32.9 Å². The van der Waals surface area contributed by atoms with E-state index in [-0.39, 0.29) is 0 Å². The van der Waals surface area contributed by atoms with E-state index in [1.165, 1.54) is 0 Å². The maximum Gasteiger partial charge on any atom is 0.0663 e. The first kappa shape index (κ1) is 16.3. The van der Waals surface area contributed by atoms with Crippen molar-refractivity contribution in [3.63, 3.8) is 0 Å². The van der Waals surface area contributed by atoms with E-state index in [0.717, 1.165) is 35.8 Å². The van der Waals surface area contributed by atoms with Crippen molar-refractivity contribution in [2.24, 2.45) is 0 Å². The van der Waals surface area contributed by atoms with Gasteiger partial charge in [-0.1, -0.05) is 24.6 Å². The van der Waals surface area contributed by atoms with Crippen LogP contribution in [0.2, 0.25) is 5.02 Å². The Morgan fingerprint density at radius 1 is 1.42 bits per heavy atom. The predicted molar refractivity (Wildman–Crippen MR) is 83.2 cm³/mol. The summed E-state index contributed by atoms with van der Waals surface area (Å²) in [5.41, 5.74) is 2.26. The largest absolute Gasteiger partial charge is 0.383 e. The molecule has 1 aromatic carbocycles. The highest BCUT2D eigenvalue weighted by Crippen LogP contribution is 2.24. The summed E-state index contributed by atoms with van der Waals surface area (Å²) in [5, 5.41) is 4.18. The van der Waals surface area contributed by atoms with Gasteiger partial charge in [0.25, 0.3) is 0 Å². The zero-order valence-electron chi connectivity index (χ0n) is 12.4. The minimum Gasteiger partial charge on any atom is -0.383 e. The fourth-order valence-electron chi connectivity index (χ4n) is 1.91. The predicted octanol–water partition coefficient (Wildman–Crippen LogP) is 3.31. The number of methoxy groups -OCH3 is 1. The van der Waals surface area contributed by atoms with Gasteiger partial charge >= 0.3 is 0 Å². The molecule has 0 heterocycles. The second kappa shape index (κ2) is 8.41. The molecule has 0 aromatic heterocycles. The van der Waals surface area contributed by atoms with Gasteiger partial charge < -0.3 is 15.0 Å². The molecule has 1 rings (SSSR count). The third-order valence-corrected chi connectivity index (χ3v) is 3.61. The highest BCUT2D eigenvalue weighted by molar-refractivity contribution is 6.31. The lowest BCUT2D eigenvalue weighted by Gasteiger charge is -2.27. The summed E-state index contributed by atoms with van der Waals surface area (Å²) in [6, 6.07) is 6.55. The van der Waals surface area contributed by atoms with Crippen LogP contribution < -0.4 is 10.2 Å². The number of ether oxygens (including phenoxy) is 1. The zero-order valence-corrected chi connectivity index (χ0v) is 13.1. The number of rotatable bonds is 8. The van der Waals surface area contributed by atoms with Crippen LogP contribution in [-0.2, 0) is 11.3 Å². The van der Waals surface area contributed by atoms with E-state index in [1.54, 1.807) is 7.11 Å². The van der Waals surface area contributed by atoms with Gasteiger partial charge in [-0.25, -0.2) is 0 Å². The van der Waals surface area contributed by atoms with Crippen molar-refractivity contribution in [3.05, 3.63) is 28.8 Å². The molecule has 4 heteroatoms. The molecule has 1 aromatic rings. The van der Waals surface area contributed by atoms with Crippen molar-refractivity contribution in [3.8, 4) is 0 Å². The molecule has 1 atom stereocenters. The van der Waals surface area contributed by atoms with E-state index >= 15 is 0 Å². The summed E-state index contributed by atoms with van der Waals surface area (Å²) >= 11 is 6.34. The minimum atomic E-state index is 0.324. The molecule has 108 valence electrons. The normalized spacial score (nSPS) is 12.5. The molecule has 0 radical (unpaired) electrons. The van der Waals surface area contributed by atoms with Gasteiger partial charge in [0.05, 0.1) is 6.61 Å². The molecule has 0 fully saturated rings. The number of nitrogens with zero attached hydrogens (tertiary/aromatic N) is 1. The number of nitrogens with one attached hydrogen (secondary N) is 1. The van der Waals surface area contributed by atoms with Crippen LogP contribution in [0, 0.1) is 0 Å². The lowest BCUT2D eigenvalue weighted by Crippen LogP contribution is -2.32. The standard InChI is InChI=1S/C15H25ClN2O/c1-5-8-17-10-13-6-7-14(9-15(13)16)18(3)12(2)11-19-4/h6-7,9,12,17H,5,8,10-11H2,1-4H3. The van der Waals surface area contributed by atoms with Crippen molar-refractivity contribution >= 4 is 17.3 Å². The van der Waals surface area contributed by atoms with Gasteiger partial charge in [0.2, 0.25) is 0 Å². The summed E-state index contributed by atoms with van der Waals surface area (Å²) in [6.07, 6.45) is 1.13. The Bertz CT molecular complexity index is 384. The van der Waals surface area contributed by atoms with Crippen molar-refractivity contribution in [2.75, 3.05) is 32.2 Å². The molecule has 0 spiro atoms. The number of halogens is 1. The van der Waals surface area contributed by atoms with Crippen molar-refractivity contribution < 1.29 is 4.74 Å². The third-order valence-electron chi connectivity index (χ3n) is 3.26. The zero-order chi connectivity index (χ0) is 14.3. The molecule has 0 bridgehead atoms. The summed E-state index contributed by atoms with van der Waals surface area (Å²) in [5.74, 6) is 0. The van der Waals surface area contributed by atoms with Gasteiger partial charge in [0, 0.05) is 37.5 Å². The molecule has 0 aliphatic carbocycles. The molecule has 0 saturated carbocycles. The first-order valence-corrected chi connectivity index (χ1v) is 7.18. The number of benzene rings is 1. The Balaban J connectivity index is 2.70. The topological polar surface area (TPSA) is 24.5 Å². The van der Waals surface area contributed by atoms with E-state index in [9.17, 15) is 0 Å². The molecule has 0 saturated heterocycles. The van der Waals surface area contributed by atoms with Gasteiger partial charge in [-0.2, -0.15) is 0 Å². The van der Waals surface area contributed by atoms with Crippen LogP contribution in [0.1, 0.15) is 25.8 Å². The Morgan fingerprint density at radius 3 is 2.74 bits per heavy atom. The van der Waals surface area contributed by atoms with E-state index in [2.05, 4.69) is 43.2 Å². The van der Waals surface area contributed by atoms with Crippen molar-refractivity contribution in [1.82, 2.24) is 5.32 Å². The summed E-state index contributed by atoms with van der Waals surface area (Å²) in [6.45, 7) is 6.83. The Morgan fingerprint density at radius 2 is 2.16 bits per heavy atom. The van der Waals surface area contributed by atoms with Gasteiger partial charge in [0.1, 0.15) is 0 Å². The SMILES string of the molecule is CCCNCc1ccc(N(C)C(C)COC)cc1Cl. The van der Waals surface area contributed by atoms with Crippen LogP contribution in [0.25, 0.3) is 0 Å². The van der Waals surface area contributed by atoms with Crippen LogP contribution in [0.15, 0.2) is 18.2 Å². The lowest BCUT2D eigenvalue weighted by atomic mass is 10.1. The molecular weight excluding hydrogens is 260 g/mol. The fourth-order valence-corrected chi connectivity index (χ4v) is 2.15. The molecule has 1 unspecified atom stereocenters. The summed E-state index contributed by atoms with van der Waals surface area (Å²) in [7, 11) is 3.78. The number of anilines is 1. The molecule has 0 aliphatic rings. The molecular formula is C15H25ClN2O. The Hall–Kier alpha value is -0.770. The van der Waals surface area contributed by atoms with E-state index in [4.69, 9.17) is 16.3 Å². The summed E-state index contributed by atoms with van der Waals surface area (Å²) < 4.78 is 5.18. The number of hydrogen-bond acceptors (Lipinski definition) is 3. The van der Waals surface area contributed by atoms with Gasteiger partial charge in [-0.05, 0) is 37.6 Å². The van der Waals surface area contributed by atoms with E-state index in [1.807, 2.05) is 6.07 Å². The third kappa shape index (κ3) is 5.01. The van der Waals surface area contributed by atoms with Crippen LogP contribution in [0.4, 0.5) is 5.69 Å². The minimum absolute atomic E-state index is 0.324. The van der Waals surface area contributed by atoms with Crippen LogP contribution in [0.5, 0.6) is 0 Å². The summed E-state index contributed by atoms with van der Waals surface area (Å²) in [4.78, 5) is 2.18. The molecule has 19 heavy (non-hydrogen) atoms.